The Kier molecular flexibility index (Phi) is 9.38. The molecular weight excluding hydrogens is 481 g/mol. The first-order valence-electron chi connectivity index (χ1n) is 12.7. The molecule has 4 rings (SSSR count). The molecule has 3 N–H and O–H groups in total. The maximum absolute atomic E-state index is 14.6. The highest BCUT2D eigenvalue weighted by Gasteiger charge is 2.32. The summed E-state index contributed by atoms with van der Waals surface area (Å²) in [6.45, 7) is 3.07. The summed E-state index contributed by atoms with van der Waals surface area (Å²) in [6.07, 6.45) is 7.22. The van der Waals surface area contributed by atoms with E-state index in [0.29, 0.717) is 55.4 Å². The standard InChI is InChI=1S/C27H35ClFN5O2/c1-35-13-10-31-20-3-5-21(6-4-20)34-26-15-22(23(28)16-32-26)19-2-7-24(29)25(14-19)33-18-27(17-30)8-11-36-12-9-27/h2,7,14-16,20-21,31,33H,3-6,8-13,18H2,1H3,(H,32,34)/t20-,21-. The van der Waals surface area contributed by atoms with Crippen LogP contribution < -0.4 is 16.0 Å². The van der Waals surface area contributed by atoms with Crippen molar-refractivity contribution in [1.82, 2.24) is 10.3 Å². The zero-order valence-corrected chi connectivity index (χ0v) is 21.5. The van der Waals surface area contributed by atoms with Crippen molar-refractivity contribution in [3.8, 4) is 17.2 Å². The molecule has 7 nitrogen and oxygen atoms in total. The van der Waals surface area contributed by atoms with Crippen LogP contribution in [0.2, 0.25) is 5.02 Å². The SMILES string of the molecule is COCCN[C@H]1CC[C@H](Nc2cc(-c3ccc(F)c(NCC4(C#N)CCOCC4)c3)c(Cl)cn2)CC1. The van der Waals surface area contributed by atoms with Crippen molar-refractivity contribution < 1.29 is 13.9 Å². The van der Waals surface area contributed by atoms with Gasteiger partial charge in [-0.05, 0) is 62.3 Å². The molecule has 1 saturated heterocycles. The topological polar surface area (TPSA) is 91.2 Å². The van der Waals surface area contributed by atoms with Crippen molar-refractivity contribution in [2.75, 3.05) is 50.7 Å². The molecule has 9 heteroatoms. The van der Waals surface area contributed by atoms with E-state index in [9.17, 15) is 9.65 Å². The second-order valence-electron chi connectivity index (χ2n) is 9.74. The minimum absolute atomic E-state index is 0.346. The van der Waals surface area contributed by atoms with E-state index in [1.54, 1.807) is 25.4 Å². The van der Waals surface area contributed by atoms with Gasteiger partial charge in [-0.3, -0.25) is 0 Å². The minimum Gasteiger partial charge on any atom is -0.383 e. The molecule has 1 saturated carbocycles. The summed E-state index contributed by atoms with van der Waals surface area (Å²) in [7, 11) is 1.72. The number of hydrogen-bond donors (Lipinski definition) is 3. The Balaban J connectivity index is 1.41. The number of ether oxygens (including phenoxy) is 2. The van der Waals surface area contributed by atoms with Crippen molar-refractivity contribution in [1.29, 1.82) is 5.26 Å². The summed E-state index contributed by atoms with van der Waals surface area (Å²) in [5.74, 6) is 0.396. The van der Waals surface area contributed by atoms with Gasteiger partial charge in [-0.25, -0.2) is 9.37 Å². The van der Waals surface area contributed by atoms with Gasteiger partial charge < -0.3 is 25.4 Å². The predicted molar refractivity (Wildman–Crippen MR) is 141 cm³/mol. The molecule has 0 atom stereocenters. The fourth-order valence-corrected chi connectivity index (χ4v) is 5.15. The molecule has 2 aromatic rings. The lowest BCUT2D eigenvalue weighted by Crippen LogP contribution is -2.38. The van der Waals surface area contributed by atoms with Gasteiger partial charge in [-0.15, -0.1) is 0 Å². The lowest BCUT2D eigenvalue weighted by molar-refractivity contribution is 0.0456. The Morgan fingerprint density at radius 3 is 2.67 bits per heavy atom. The third-order valence-electron chi connectivity index (χ3n) is 7.26. The Labute approximate surface area is 217 Å². The number of nitrogens with zero attached hydrogens (tertiary/aromatic N) is 2. The molecular formula is C27H35ClFN5O2. The molecule has 2 heterocycles. The first-order valence-corrected chi connectivity index (χ1v) is 13.1. The molecule has 0 unspecified atom stereocenters. The number of anilines is 2. The van der Waals surface area contributed by atoms with Gasteiger partial charge in [0.15, 0.2) is 0 Å². The van der Waals surface area contributed by atoms with Crippen LogP contribution in [0.1, 0.15) is 38.5 Å². The molecule has 0 bridgehead atoms. The van der Waals surface area contributed by atoms with Gasteiger partial charge in [0, 0.05) is 57.3 Å². The molecule has 0 spiro atoms. The molecule has 1 aliphatic heterocycles. The summed E-state index contributed by atoms with van der Waals surface area (Å²) in [6, 6.07) is 10.1. The predicted octanol–water partition coefficient (Wildman–Crippen LogP) is 5.23. The zero-order chi connectivity index (χ0) is 25.4. The molecule has 2 aliphatic rings. The van der Waals surface area contributed by atoms with Crippen LogP contribution in [0.3, 0.4) is 0 Å². The maximum Gasteiger partial charge on any atom is 0.146 e. The van der Waals surface area contributed by atoms with Crippen molar-refractivity contribution in [2.24, 2.45) is 5.41 Å². The Hall–Kier alpha value is -2.44. The van der Waals surface area contributed by atoms with Gasteiger partial charge in [0.2, 0.25) is 0 Å². The largest absolute Gasteiger partial charge is 0.383 e. The van der Waals surface area contributed by atoms with Gasteiger partial charge in [-0.2, -0.15) is 5.26 Å². The average molecular weight is 516 g/mol. The molecule has 1 aromatic carbocycles. The van der Waals surface area contributed by atoms with Crippen LogP contribution in [0, 0.1) is 22.6 Å². The van der Waals surface area contributed by atoms with E-state index in [4.69, 9.17) is 21.1 Å². The average Bonchev–Trinajstić information content (AvgIpc) is 2.91. The monoisotopic (exact) mass is 515 g/mol. The summed E-state index contributed by atoms with van der Waals surface area (Å²) < 4.78 is 25.2. The number of aromatic nitrogens is 1. The van der Waals surface area contributed by atoms with Crippen molar-refractivity contribution in [3.63, 3.8) is 0 Å². The first-order chi connectivity index (χ1) is 17.5. The highest BCUT2D eigenvalue weighted by Crippen LogP contribution is 2.34. The first kappa shape index (κ1) is 26.6. The lowest BCUT2D eigenvalue weighted by atomic mass is 9.81. The fourth-order valence-electron chi connectivity index (χ4n) is 4.94. The molecule has 0 radical (unpaired) electrons. The van der Waals surface area contributed by atoms with Crippen LogP contribution in [0.4, 0.5) is 15.9 Å². The van der Waals surface area contributed by atoms with Crippen LogP contribution in [0.5, 0.6) is 0 Å². The van der Waals surface area contributed by atoms with E-state index in [0.717, 1.165) is 55.8 Å². The maximum atomic E-state index is 14.6. The van der Waals surface area contributed by atoms with Crippen LogP contribution in [-0.4, -0.2) is 57.1 Å². The second-order valence-corrected chi connectivity index (χ2v) is 10.1. The number of nitriles is 1. The van der Waals surface area contributed by atoms with Gasteiger partial charge in [-0.1, -0.05) is 17.7 Å². The highest BCUT2D eigenvalue weighted by molar-refractivity contribution is 6.33. The Morgan fingerprint density at radius 1 is 1.19 bits per heavy atom. The van der Waals surface area contributed by atoms with Gasteiger partial charge >= 0.3 is 0 Å². The van der Waals surface area contributed by atoms with E-state index >= 15 is 0 Å². The number of nitrogens with one attached hydrogen (secondary N) is 3. The van der Waals surface area contributed by atoms with Crippen molar-refractivity contribution in [3.05, 3.63) is 41.3 Å². The number of halogens is 2. The van der Waals surface area contributed by atoms with Crippen molar-refractivity contribution >= 4 is 23.1 Å². The summed E-state index contributed by atoms with van der Waals surface area (Å²) in [4.78, 5) is 4.48. The molecule has 194 valence electrons. The van der Waals surface area contributed by atoms with Crippen molar-refractivity contribution in [2.45, 2.75) is 50.6 Å². The second kappa shape index (κ2) is 12.7. The van der Waals surface area contributed by atoms with E-state index in [1.165, 1.54) is 6.07 Å². The summed E-state index contributed by atoms with van der Waals surface area (Å²) in [5, 5.41) is 20.5. The number of hydrogen-bond acceptors (Lipinski definition) is 7. The molecule has 2 fully saturated rings. The number of rotatable bonds is 10. The number of benzene rings is 1. The highest BCUT2D eigenvalue weighted by atomic mass is 35.5. The molecule has 0 amide bonds. The lowest BCUT2D eigenvalue weighted by Gasteiger charge is -2.31. The van der Waals surface area contributed by atoms with E-state index in [-0.39, 0.29) is 5.82 Å². The van der Waals surface area contributed by atoms with Gasteiger partial charge in [0.25, 0.3) is 0 Å². The Morgan fingerprint density at radius 2 is 1.94 bits per heavy atom. The summed E-state index contributed by atoms with van der Waals surface area (Å²) in [5.41, 5.74) is 1.38. The van der Waals surface area contributed by atoms with Gasteiger partial charge in [0.1, 0.15) is 11.6 Å². The minimum atomic E-state index is -0.551. The third kappa shape index (κ3) is 6.86. The Bertz CT molecular complexity index is 1050. The molecule has 36 heavy (non-hydrogen) atoms. The van der Waals surface area contributed by atoms with Crippen LogP contribution >= 0.6 is 11.6 Å². The zero-order valence-electron chi connectivity index (χ0n) is 20.8. The molecule has 1 aromatic heterocycles. The van der Waals surface area contributed by atoms with E-state index in [2.05, 4.69) is 27.0 Å². The normalized spacial score (nSPS) is 21.5. The van der Waals surface area contributed by atoms with Crippen LogP contribution in [-0.2, 0) is 9.47 Å². The molecule has 1 aliphatic carbocycles. The van der Waals surface area contributed by atoms with Gasteiger partial charge in [0.05, 0.1) is 28.8 Å². The van der Waals surface area contributed by atoms with E-state index in [1.807, 2.05) is 6.07 Å². The third-order valence-corrected chi connectivity index (χ3v) is 7.56. The fraction of sp³-hybridized carbons (Fsp3) is 0.556. The smallest absolute Gasteiger partial charge is 0.146 e. The number of pyridine rings is 1. The summed E-state index contributed by atoms with van der Waals surface area (Å²) >= 11 is 6.51. The van der Waals surface area contributed by atoms with Crippen LogP contribution in [0.15, 0.2) is 30.5 Å². The van der Waals surface area contributed by atoms with Crippen LogP contribution in [0.25, 0.3) is 11.1 Å². The quantitative estimate of drug-likeness (QED) is 0.373. The number of methoxy groups -OCH3 is 1. The van der Waals surface area contributed by atoms with E-state index < -0.39 is 5.41 Å².